The first-order chi connectivity index (χ1) is 8.87. The molecule has 0 radical (unpaired) electrons. The third-order valence-electron chi connectivity index (χ3n) is 2.58. The van der Waals surface area contributed by atoms with Gasteiger partial charge in [-0.3, -0.25) is 4.79 Å². The molecule has 19 heavy (non-hydrogen) atoms. The summed E-state index contributed by atoms with van der Waals surface area (Å²) in [5.74, 6) is -1.60. The van der Waals surface area contributed by atoms with Crippen LogP contribution in [0.2, 0.25) is 0 Å². The molecule has 110 valence electrons. The Hall–Kier alpha value is -1.83. The second-order valence-corrected chi connectivity index (χ2v) is 3.92. The lowest BCUT2D eigenvalue weighted by atomic mass is 10.3. The van der Waals surface area contributed by atoms with Crippen molar-refractivity contribution in [3.05, 3.63) is 0 Å². The molecule has 0 fully saturated rings. The summed E-state index contributed by atoms with van der Waals surface area (Å²) in [5, 5.41) is 21.8. The van der Waals surface area contributed by atoms with Crippen molar-refractivity contribution in [3.63, 3.8) is 0 Å². The van der Waals surface area contributed by atoms with Gasteiger partial charge >= 0.3 is 12.0 Å². The number of aliphatic hydroxyl groups is 1. The number of aliphatic carboxylic acids is 1. The number of carbonyl (C=O) groups is 3. The Kier molecular flexibility index (Phi) is 7.50. The van der Waals surface area contributed by atoms with Crippen LogP contribution in [-0.4, -0.2) is 64.8 Å². The van der Waals surface area contributed by atoms with E-state index in [0.29, 0.717) is 13.1 Å². The fourth-order valence-electron chi connectivity index (χ4n) is 1.45. The highest BCUT2D eigenvalue weighted by Gasteiger charge is 2.23. The molecule has 0 aliphatic rings. The molecule has 0 spiro atoms. The van der Waals surface area contributed by atoms with Gasteiger partial charge in [0.1, 0.15) is 6.04 Å². The Balaban J connectivity index is 4.40. The van der Waals surface area contributed by atoms with Crippen LogP contribution in [0.3, 0.4) is 0 Å². The second kappa shape index (κ2) is 8.30. The minimum Gasteiger partial charge on any atom is -0.480 e. The van der Waals surface area contributed by atoms with E-state index in [1.807, 2.05) is 13.8 Å². The number of rotatable bonds is 7. The molecule has 0 aromatic rings. The maximum Gasteiger partial charge on any atom is 0.328 e. The van der Waals surface area contributed by atoms with E-state index >= 15 is 0 Å². The van der Waals surface area contributed by atoms with Crippen LogP contribution in [0.5, 0.6) is 0 Å². The van der Waals surface area contributed by atoms with Gasteiger partial charge < -0.3 is 25.7 Å². The molecule has 0 aromatic carbocycles. The molecule has 0 aliphatic carbocycles. The van der Waals surface area contributed by atoms with E-state index in [1.54, 1.807) is 4.90 Å². The van der Waals surface area contributed by atoms with Crippen LogP contribution < -0.4 is 10.6 Å². The van der Waals surface area contributed by atoms with Crippen LogP contribution in [0.15, 0.2) is 0 Å². The number of hydrogen-bond donors (Lipinski definition) is 4. The van der Waals surface area contributed by atoms with Crippen molar-refractivity contribution in [1.29, 1.82) is 0 Å². The molecule has 2 atom stereocenters. The van der Waals surface area contributed by atoms with Crippen LogP contribution >= 0.6 is 0 Å². The average molecular weight is 275 g/mol. The van der Waals surface area contributed by atoms with E-state index in [9.17, 15) is 14.4 Å². The van der Waals surface area contributed by atoms with Crippen LogP contribution in [0.1, 0.15) is 20.8 Å². The second-order valence-electron chi connectivity index (χ2n) is 3.92. The van der Waals surface area contributed by atoms with Crippen LogP contribution in [0.25, 0.3) is 0 Å². The normalized spacial score (nSPS) is 13.3. The summed E-state index contributed by atoms with van der Waals surface area (Å²) in [6, 6.07) is -2.97. The largest absolute Gasteiger partial charge is 0.480 e. The number of carboxylic acids is 1. The summed E-state index contributed by atoms with van der Waals surface area (Å²) < 4.78 is 0. The monoisotopic (exact) mass is 275 g/mol. The zero-order valence-electron chi connectivity index (χ0n) is 11.3. The Morgan fingerprint density at radius 1 is 1.16 bits per heavy atom. The highest BCUT2D eigenvalue weighted by atomic mass is 16.4. The van der Waals surface area contributed by atoms with Gasteiger partial charge in [0.2, 0.25) is 5.91 Å². The predicted molar refractivity (Wildman–Crippen MR) is 67.6 cm³/mol. The quantitative estimate of drug-likeness (QED) is 0.474. The van der Waals surface area contributed by atoms with E-state index in [2.05, 4.69) is 10.6 Å². The number of carbonyl (C=O) groups excluding carboxylic acids is 2. The zero-order chi connectivity index (χ0) is 15.0. The summed E-state index contributed by atoms with van der Waals surface area (Å²) in [4.78, 5) is 35.5. The Morgan fingerprint density at radius 2 is 1.68 bits per heavy atom. The number of nitrogens with one attached hydrogen (secondary N) is 2. The maximum atomic E-state index is 11.8. The molecule has 8 nitrogen and oxygen atoms in total. The van der Waals surface area contributed by atoms with Crippen molar-refractivity contribution in [2.75, 3.05) is 19.7 Å². The van der Waals surface area contributed by atoms with Crippen molar-refractivity contribution in [3.8, 4) is 0 Å². The van der Waals surface area contributed by atoms with Gasteiger partial charge in [0.15, 0.2) is 6.04 Å². The number of aliphatic hydroxyl groups excluding tert-OH is 1. The smallest absolute Gasteiger partial charge is 0.328 e. The van der Waals surface area contributed by atoms with Gasteiger partial charge in [0.25, 0.3) is 0 Å². The molecule has 0 saturated carbocycles. The molecular weight excluding hydrogens is 254 g/mol. The van der Waals surface area contributed by atoms with Crippen LogP contribution in [-0.2, 0) is 9.59 Å². The van der Waals surface area contributed by atoms with E-state index in [-0.39, 0.29) is 5.91 Å². The van der Waals surface area contributed by atoms with Gasteiger partial charge in [-0.05, 0) is 20.8 Å². The van der Waals surface area contributed by atoms with Crippen molar-refractivity contribution in [2.45, 2.75) is 32.9 Å². The fraction of sp³-hybridized carbons (Fsp3) is 0.727. The first-order valence-electron chi connectivity index (χ1n) is 6.06. The lowest BCUT2D eigenvalue weighted by Gasteiger charge is -2.24. The lowest BCUT2D eigenvalue weighted by molar-refractivity contribution is -0.140. The Bertz CT molecular complexity index is 330. The number of likely N-dealkylation sites (N-methyl/N-ethyl adjacent to an activating group) is 1. The standard InChI is InChI=1S/C11H21N3O5/c1-4-14(5-2)9(16)7(3)12-11(19)13-8(6-15)10(17)18/h7-8,15H,4-6H2,1-3H3,(H,17,18)(H2,12,13,19)/t7?,8-/m1/s1. The summed E-state index contributed by atoms with van der Waals surface area (Å²) >= 11 is 0. The molecule has 3 amide bonds. The van der Waals surface area contributed by atoms with Gasteiger partial charge in [0, 0.05) is 13.1 Å². The van der Waals surface area contributed by atoms with Gasteiger partial charge in [0.05, 0.1) is 6.61 Å². The molecule has 0 saturated heterocycles. The molecule has 0 aliphatic heterocycles. The SMILES string of the molecule is CCN(CC)C(=O)C(C)NC(=O)N[C@H](CO)C(=O)O. The molecule has 0 bridgehead atoms. The Morgan fingerprint density at radius 3 is 2.05 bits per heavy atom. The molecule has 4 N–H and O–H groups in total. The molecule has 0 heterocycles. The van der Waals surface area contributed by atoms with E-state index in [4.69, 9.17) is 10.2 Å². The van der Waals surface area contributed by atoms with Crippen molar-refractivity contribution >= 4 is 17.9 Å². The minimum absolute atomic E-state index is 0.254. The molecule has 1 unspecified atom stereocenters. The summed E-state index contributed by atoms with van der Waals surface area (Å²) in [5.41, 5.74) is 0. The number of amides is 3. The van der Waals surface area contributed by atoms with E-state index in [1.165, 1.54) is 6.92 Å². The average Bonchev–Trinajstić information content (AvgIpc) is 2.36. The third-order valence-corrected chi connectivity index (χ3v) is 2.58. The number of nitrogens with zero attached hydrogens (tertiary/aromatic N) is 1. The maximum absolute atomic E-state index is 11.8. The van der Waals surface area contributed by atoms with Crippen molar-refractivity contribution in [1.82, 2.24) is 15.5 Å². The summed E-state index contributed by atoms with van der Waals surface area (Å²) in [6.07, 6.45) is 0. The van der Waals surface area contributed by atoms with Gasteiger partial charge in [-0.15, -0.1) is 0 Å². The highest BCUT2D eigenvalue weighted by molar-refractivity contribution is 5.88. The third kappa shape index (κ3) is 5.56. The van der Waals surface area contributed by atoms with Crippen molar-refractivity contribution < 1.29 is 24.6 Å². The fourth-order valence-corrected chi connectivity index (χ4v) is 1.45. The van der Waals surface area contributed by atoms with Crippen LogP contribution in [0, 0.1) is 0 Å². The molecular formula is C11H21N3O5. The number of carboxylic acid groups (broad SMARTS) is 1. The lowest BCUT2D eigenvalue weighted by Crippen LogP contribution is -2.53. The summed E-state index contributed by atoms with van der Waals surface area (Å²) in [6.45, 7) is 5.48. The van der Waals surface area contributed by atoms with Gasteiger partial charge in [-0.1, -0.05) is 0 Å². The van der Waals surface area contributed by atoms with E-state index in [0.717, 1.165) is 0 Å². The zero-order valence-corrected chi connectivity index (χ0v) is 11.3. The van der Waals surface area contributed by atoms with Gasteiger partial charge in [-0.2, -0.15) is 0 Å². The minimum atomic E-state index is -1.39. The van der Waals surface area contributed by atoms with E-state index < -0.39 is 30.7 Å². The first kappa shape index (κ1) is 17.2. The molecule has 0 rings (SSSR count). The van der Waals surface area contributed by atoms with Crippen LogP contribution in [0.4, 0.5) is 4.79 Å². The Labute approximate surface area is 111 Å². The number of urea groups is 1. The molecule has 8 heteroatoms. The summed E-state index contributed by atoms with van der Waals surface area (Å²) in [7, 11) is 0. The highest BCUT2D eigenvalue weighted by Crippen LogP contribution is 1.95. The number of hydrogen-bond acceptors (Lipinski definition) is 4. The predicted octanol–water partition coefficient (Wildman–Crippen LogP) is -1.01. The topological polar surface area (TPSA) is 119 Å². The molecule has 0 aromatic heterocycles. The van der Waals surface area contributed by atoms with Gasteiger partial charge in [-0.25, -0.2) is 9.59 Å². The van der Waals surface area contributed by atoms with Crippen molar-refractivity contribution in [2.24, 2.45) is 0 Å². The first-order valence-corrected chi connectivity index (χ1v) is 6.06.